The van der Waals surface area contributed by atoms with Crippen molar-refractivity contribution in [2.24, 2.45) is 10.8 Å². The van der Waals surface area contributed by atoms with Crippen molar-refractivity contribution in [3.63, 3.8) is 0 Å². The Bertz CT molecular complexity index is 275. The highest BCUT2D eigenvalue weighted by molar-refractivity contribution is 4.98. The number of aliphatic hydroxyl groups is 1. The third kappa shape index (κ3) is 3.69. The van der Waals surface area contributed by atoms with Gasteiger partial charge in [-0.2, -0.15) is 0 Å². The zero-order valence-corrected chi connectivity index (χ0v) is 12.8. The van der Waals surface area contributed by atoms with E-state index in [4.69, 9.17) is 0 Å². The predicted molar refractivity (Wildman–Crippen MR) is 74.1 cm³/mol. The molecule has 0 spiro atoms. The Morgan fingerprint density at radius 3 is 2.00 bits per heavy atom. The summed E-state index contributed by atoms with van der Waals surface area (Å²) in [6, 6.07) is 0. The molecular weight excluding hydrogens is 210 g/mol. The van der Waals surface area contributed by atoms with E-state index in [2.05, 4.69) is 46.9 Å². The average Bonchev–Trinajstić information content (AvgIpc) is 2.09. The van der Waals surface area contributed by atoms with E-state index in [1.165, 1.54) is 0 Å². The Kier molecular flexibility index (Phi) is 3.73. The van der Waals surface area contributed by atoms with Gasteiger partial charge in [0.1, 0.15) is 0 Å². The summed E-state index contributed by atoms with van der Waals surface area (Å²) >= 11 is 0. The smallest absolute Gasteiger partial charge is 0.0744 e. The number of β-amino-alcohol motifs (C(OH)–C–C–N with tert-alkyl or cyclic N) is 1. The molecule has 102 valence electrons. The molecule has 0 aliphatic carbocycles. The first-order valence-electron chi connectivity index (χ1n) is 6.84. The van der Waals surface area contributed by atoms with Gasteiger partial charge in [0.25, 0.3) is 0 Å². The molecule has 2 unspecified atom stereocenters. The Labute approximate surface area is 107 Å². The van der Waals surface area contributed by atoms with Gasteiger partial charge in [-0.15, -0.1) is 0 Å². The lowest BCUT2D eigenvalue weighted by Gasteiger charge is -2.50. The Balaban J connectivity index is 2.99. The van der Waals surface area contributed by atoms with Crippen LogP contribution in [-0.4, -0.2) is 22.8 Å². The molecule has 2 N–H and O–H groups in total. The molecule has 0 amide bonds. The molecule has 2 heteroatoms. The van der Waals surface area contributed by atoms with E-state index < -0.39 is 5.60 Å². The first kappa shape index (κ1) is 15.0. The van der Waals surface area contributed by atoms with Crippen LogP contribution >= 0.6 is 0 Å². The van der Waals surface area contributed by atoms with Crippen molar-refractivity contribution in [1.29, 1.82) is 0 Å². The van der Waals surface area contributed by atoms with Gasteiger partial charge >= 0.3 is 0 Å². The minimum atomic E-state index is -0.579. The van der Waals surface area contributed by atoms with Crippen molar-refractivity contribution in [2.75, 3.05) is 6.54 Å². The molecule has 17 heavy (non-hydrogen) atoms. The molecule has 0 bridgehead atoms. The predicted octanol–water partition coefficient (Wildman–Crippen LogP) is 3.34. The first-order valence-corrected chi connectivity index (χ1v) is 6.84. The van der Waals surface area contributed by atoms with Crippen LogP contribution in [0.1, 0.15) is 67.7 Å². The fourth-order valence-corrected chi connectivity index (χ4v) is 2.83. The fraction of sp³-hybridized carbons (Fsp3) is 1.00. The standard InChI is InChI=1S/C15H31NO/c1-12(2,3)14(6)8-9-15(7,17)11-16-13(4,5)10-14/h16-17H,8-11H2,1-7H3. The van der Waals surface area contributed by atoms with Crippen molar-refractivity contribution in [3.05, 3.63) is 0 Å². The van der Waals surface area contributed by atoms with Crippen LogP contribution in [0, 0.1) is 10.8 Å². The summed E-state index contributed by atoms with van der Waals surface area (Å²) < 4.78 is 0. The second-order valence-electron chi connectivity index (χ2n) is 8.22. The van der Waals surface area contributed by atoms with Gasteiger partial charge in [0.2, 0.25) is 0 Å². The van der Waals surface area contributed by atoms with Crippen LogP contribution in [0.3, 0.4) is 0 Å². The maximum Gasteiger partial charge on any atom is 0.0744 e. The van der Waals surface area contributed by atoms with E-state index in [9.17, 15) is 5.11 Å². The fourth-order valence-electron chi connectivity index (χ4n) is 2.83. The van der Waals surface area contributed by atoms with E-state index in [-0.39, 0.29) is 16.4 Å². The summed E-state index contributed by atoms with van der Waals surface area (Å²) in [6.45, 7) is 16.5. The van der Waals surface area contributed by atoms with Crippen molar-refractivity contribution in [1.82, 2.24) is 5.32 Å². The van der Waals surface area contributed by atoms with Gasteiger partial charge in [-0.25, -0.2) is 0 Å². The topological polar surface area (TPSA) is 32.3 Å². The maximum absolute atomic E-state index is 10.3. The van der Waals surface area contributed by atoms with E-state index in [1.54, 1.807) is 0 Å². The van der Waals surface area contributed by atoms with Crippen LogP contribution in [-0.2, 0) is 0 Å². The molecule has 0 aromatic heterocycles. The molecule has 1 heterocycles. The Morgan fingerprint density at radius 1 is 1.00 bits per heavy atom. The molecule has 1 saturated heterocycles. The number of hydrogen-bond donors (Lipinski definition) is 2. The van der Waals surface area contributed by atoms with E-state index in [0.29, 0.717) is 6.54 Å². The third-order valence-corrected chi connectivity index (χ3v) is 4.81. The maximum atomic E-state index is 10.3. The Hall–Kier alpha value is -0.0800. The van der Waals surface area contributed by atoms with Crippen molar-refractivity contribution in [3.8, 4) is 0 Å². The zero-order valence-electron chi connectivity index (χ0n) is 12.8. The molecule has 0 aromatic carbocycles. The van der Waals surface area contributed by atoms with Crippen molar-refractivity contribution in [2.45, 2.75) is 78.9 Å². The molecule has 0 aromatic rings. The number of rotatable bonds is 0. The highest BCUT2D eigenvalue weighted by Gasteiger charge is 2.44. The molecule has 0 radical (unpaired) electrons. The molecule has 0 saturated carbocycles. The molecule has 1 rings (SSSR count). The molecule has 1 fully saturated rings. The molecular formula is C15H31NO. The first-order chi connectivity index (χ1) is 7.37. The lowest BCUT2D eigenvalue weighted by Crippen LogP contribution is -2.54. The summed E-state index contributed by atoms with van der Waals surface area (Å²) in [6.07, 6.45) is 3.12. The average molecular weight is 241 g/mol. The lowest BCUT2D eigenvalue weighted by molar-refractivity contribution is -0.0263. The minimum Gasteiger partial charge on any atom is -0.389 e. The molecule has 1 aliphatic rings. The summed E-state index contributed by atoms with van der Waals surface area (Å²) in [4.78, 5) is 0. The summed E-state index contributed by atoms with van der Waals surface area (Å²) in [5.74, 6) is 0. The third-order valence-electron chi connectivity index (χ3n) is 4.81. The van der Waals surface area contributed by atoms with Gasteiger partial charge in [0.05, 0.1) is 5.60 Å². The Morgan fingerprint density at radius 2 is 1.53 bits per heavy atom. The van der Waals surface area contributed by atoms with Crippen molar-refractivity contribution >= 4 is 0 Å². The highest BCUT2D eigenvalue weighted by Crippen LogP contribution is 2.49. The van der Waals surface area contributed by atoms with Gasteiger partial charge in [0.15, 0.2) is 0 Å². The van der Waals surface area contributed by atoms with Gasteiger partial charge in [-0.3, -0.25) is 0 Å². The van der Waals surface area contributed by atoms with Crippen LogP contribution in [0.5, 0.6) is 0 Å². The van der Waals surface area contributed by atoms with Gasteiger partial charge in [-0.1, -0.05) is 27.7 Å². The highest BCUT2D eigenvalue weighted by atomic mass is 16.3. The summed E-state index contributed by atoms with van der Waals surface area (Å²) in [7, 11) is 0. The van der Waals surface area contributed by atoms with Crippen LogP contribution < -0.4 is 5.32 Å². The second-order valence-corrected chi connectivity index (χ2v) is 8.22. The number of nitrogens with one attached hydrogen (secondary N) is 1. The van der Waals surface area contributed by atoms with Crippen LogP contribution in [0.15, 0.2) is 0 Å². The van der Waals surface area contributed by atoms with Crippen LogP contribution in [0.2, 0.25) is 0 Å². The summed E-state index contributed by atoms with van der Waals surface area (Å²) in [5, 5.41) is 13.9. The van der Waals surface area contributed by atoms with E-state index >= 15 is 0 Å². The molecule has 1 aliphatic heterocycles. The van der Waals surface area contributed by atoms with Gasteiger partial charge in [0, 0.05) is 12.1 Å². The van der Waals surface area contributed by atoms with E-state index in [0.717, 1.165) is 19.3 Å². The minimum absolute atomic E-state index is 0.0897. The zero-order chi connectivity index (χ0) is 13.5. The van der Waals surface area contributed by atoms with Crippen LogP contribution in [0.4, 0.5) is 0 Å². The lowest BCUT2D eigenvalue weighted by atomic mass is 9.59. The summed E-state index contributed by atoms with van der Waals surface area (Å²) in [5.41, 5.74) is 0.0317. The van der Waals surface area contributed by atoms with Gasteiger partial charge < -0.3 is 10.4 Å². The second kappa shape index (κ2) is 4.24. The SMILES string of the molecule is CC1(O)CCC(C)(C(C)(C)C)CC(C)(C)NC1. The largest absolute Gasteiger partial charge is 0.389 e. The molecule has 2 atom stereocenters. The van der Waals surface area contributed by atoms with Gasteiger partial charge in [-0.05, 0) is 50.9 Å². The quantitative estimate of drug-likeness (QED) is 0.682. The van der Waals surface area contributed by atoms with Crippen LogP contribution in [0.25, 0.3) is 0 Å². The monoisotopic (exact) mass is 241 g/mol. The van der Waals surface area contributed by atoms with E-state index in [1.807, 2.05) is 6.92 Å². The number of hydrogen-bond acceptors (Lipinski definition) is 2. The van der Waals surface area contributed by atoms with Crippen molar-refractivity contribution < 1.29 is 5.11 Å². The normalized spacial score (nSPS) is 39.5. The molecule has 2 nitrogen and oxygen atoms in total.